The first kappa shape index (κ1) is 16.7. The Morgan fingerprint density at radius 2 is 2.25 bits per heavy atom. The van der Waals surface area contributed by atoms with Gasteiger partial charge in [-0.15, -0.1) is 0 Å². The van der Waals surface area contributed by atoms with E-state index < -0.39 is 0 Å². The summed E-state index contributed by atoms with van der Waals surface area (Å²) < 4.78 is 1.77. The highest BCUT2D eigenvalue weighted by Crippen LogP contribution is 2.17. The van der Waals surface area contributed by atoms with E-state index in [1.165, 1.54) is 0 Å². The molecule has 128 valence electrons. The van der Waals surface area contributed by atoms with E-state index in [1.54, 1.807) is 10.7 Å². The van der Waals surface area contributed by atoms with Crippen LogP contribution in [0, 0.1) is 0 Å². The van der Waals surface area contributed by atoms with Gasteiger partial charge in [-0.3, -0.25) is 14.4 Å². The van der Waals surface area contributed by atoms with Crippen molar-refractivity contribution in [3.63, 3.8) is 0 Å². The Morgan fingerprint density at radius 3 is 2.92 bits per heavy atom. The fourth-order valence-electron chi connectivity index (χ4n) is 2.90. The molecule has 1 saturated heterocycles. The predicted octanol–water partition coefficient (Wildman–Crippen LogP) is 2.28. The number of anilines is 1. The molecule has 3 rings (SSSR count). The number of hydrogen-bond acceptors (Lipinski definition) is 4. The molecule has 0 unspecified atom stereocenters. The topological polar surface area (TPSA) is 70.4 Å². The van der Waals surface area contributed by atoms with Gasteiger partial charge in [-0.05, 0) is 44.0 Å². The molecule has 2 heterocycles. The van der Waals surface area contributed by atoms with Crippen LogP contribution in [0.15, 0.2) is 36.5 Å². The molecule has 0 radical (unpaired) electrons. The van der Waals surface area contributed by atoms with Crippen LogP contribution in [-0.2, 0) is 6.54 Å². The normalized spacial score (nSPS) is 18.2. The summed E-state index contributed by atoms with van der Waals surface area (Å²) in [7, 11) is 0. The van der Waals surface area contributed by atoms with E-state index in [9.17, 15) is 9.90 Å². The van der Waals surface area contributed by atoms with E-state index >= 15 is 0 Å². The van der Waals surface area contributed by atoms with Crippen LogP contribution < -0.4 is 5.32 Å². The number of amides is 1. The molecule has 1 aromatic carbocycles. The molecule has 6 heteroatoms. The van der Waals surface area contributed by atoms with Crippen LogP contribution in [0.5, 0.6) is 0 Å². The number of carbonyl (C=O) groups is 1. The minimum atomic E-state index is -0.219. The second-order valence-corrected chi connectivity index (χ2v) is 6.61. The number of aromatic nitrogens is 2. The number of carbonyl (C=O) groups excluding carboxylic acids is 1. The van der Waals surface area contributed by atoms with Gasteiger partial charge < -0.3 is 10.4 Å². The molecule has 1 amide bonds. The summed E-state index contributed by atoms with van der Waals surface area (Å²) in [6.45, 7) is 6.44. The maximum Gasteiger partial charge on any atom is 0.276 e. The Balaban J connectivity index is 1.64. The number of β-amino-alcohol motifs (C(OH)–C–C–N with tert-alkyl or cyclic N) is 1. The average molecular weight is 328 g/mol. The third-order valence-electron chi connectivity index (χ3n) is 4.21. The zero-order chi connectivity index (χ0) is 17.1. The number of nitrogens with one attached hydrogen (secondary N) is 1. The maximum absolute atomic E-state index is 12.3. The van der Waals surface area contributed by atoms with E-state index in [2.05, 4.69) is 15.3 Å². The van der Waals surface area contributed by atoms with Gasteiger partial charge in [-0.2, -0.15) is 5.10 Å². The Bertz CT molecular complexity index is 711. The molecule has 1 fully saturated rings. The van der Waals surface area contributed by atoms with Crippen molar-refractivity contribution >= 4 is 11.6 Å². The second kappa shape index (κ2) is 7.15. The van der Waals surface area contributed by atoms with Gasteiger partial charge in [0.2, 0.25) is 0 Å². The molecule has 1 aliphatic rings. The SMILES string of the molecule is CC(C)n1ccc(C(=O)Nc2cccc(CN3CC[C@H](O)C3)c2)n1. The molecule has 1 atom stereocenters. The minimum absolute atomic E-state index is 0.205. The molecule has 0 bridgehead atoms. The van der Waals surface area contributed by atoms with Crippen LogP contribution in [0.2, 0.25) is 0 Å². The average Bonchev–Trinajstić information content (AvgIpc) is 3.17. The van der Waals surface area contributed by atoms with Gasteiger partial charge in [0.15, 0.2) is 5.69 Å². The standard InChI is InChI=1S/C18H24N4O2/c1-13(2)22-9-7-17(20-22)18(24)19-15-5-3-4-14(10-15)11-21-8-6-16(23)12-21/h3-5,7,9-10,13,16,23H,6,8,11-12H2,1-2H3,(H,19,24)/t16-/m0/s1. The van der Waals surface area contributed by atoms with E-state index in [1.807, 2.05) is 44.3 Å². The first-order chi connectivity index (χ1) is 11.5. The summed E-state index contributed by atoms with van der Waals surface area (Å²) in [5, 5.41) is 16.8. The number of hydrogen-bond donors (Lipinski definition) is 2. The van der Waals surface area contributed by atoms with Crippen LogP contribution in [0.4, 0.5) is 5.69 Å². The zero-order valence-corrected chi connectivity index (χ0v) is 14.1. The van der Waals surface area contributed by atoms with Gasteiger partial charge in [-0.1, -0.05) is 12.1 Å². The summed E-state index contributed by atoms with van der Waals surface area (Å²) in [6.07, 6.45) is 2.42. The Morgan fingerprint density at radius 1 is 1.42 bits per heavy atom. The Kier molecular flexibility index (Phi) is 4.97. The van der Waals surface area contributed by atoms with Crippen LogP contribution in [0.3, 0.4) is 0 Å². The van der Waals surface area contributed by atoms with Crippen molar-refractivity contribution in [3.8, 4) is 0 Å². The molecule has 0 saturated carbocycles. The fourth-order valence-corrected chi connectivity index (χ4v) is 2.90. The van der Waals surface area contributed by atoms with Crippen molar-refractivity contribution in [1.82, 2.24) is 14.7 Å². The third kappa shape index (κ3) is 4.01. The van der Waals surface area contributed by atoms with Crippen molar-refractivity contribution in [1.29, 1.82) is 0 Å². The van der Waals surface area contributed by atoms with Crippen molar-refractivity contribution in [3.05, 3.63) is 47.8 Å². The molecule has 0 aliphatic carbocycles. The number of likely N-dealkylation sites (tertiary alicyclic amines) is 1. The first-order valence-corrected chi connectivity index (χ1v) is 8.37. The van der Waals surface area contributed by atoms with Gasteiger partial charge >= 0.3 is 0 Å². The summed E-state index contributed by atoms with van der Waals surface area (Å²) in [4.78, 5) is 14.5. The largest absolute Gasteiger partial charge is 0.392 e. The molecule has 2 N–H and O–H groups in total. The molecular weight excluding hydrogens is 304 g/mol. The van der Waals surface area contributed by atoms with Crippen LogP contribution in [0.1, 0.15) is 42.4 Å². The minimum Gasteiger partial charge on any atom is -0.392 e. The van der Waals surface area contributed by atoms with Gasteiger partial charge in [0.05, 0.1) is 6.10 Å². The van der Waals surface area contributed by atoms with Gasteiger partial charge in [0.1, 0.15) is 0 Å². The smallest absolute Gasteiger partial charge is 0.276 e. The molecule has 2 aromatic rings. The zero-order valence-electron chi connectivity index (χ0n) is 14.1. The lowest BCUT2D eigenvalue weighted by Crippen LogP contribution is -2.21. The van der Waals surface area contributed by atoms with Crippen molar-refractivity contribution in [2.75, 3.05) is 18.4 Å². The van der Waals surface area contributed by atoms with Crippen molar-refractivity contribution < 1.29 is 9.90 Å². The summed E-state index contributed by atoms with van der Waals surface area (Å²) in [6, 6.07) is 9.77. The first-order valence-electron chi connectivity index (χ1n) is 8.37. The maximum atomic E-state index is 12.3. The fraction of sp³-hybridized carbons (Fsp3) is 0.444. The Labute approximate surface area is 142 Å². The van der Waals surface area contributed by atoms with Gasteiger partial charge in [-0.25, -0.2) is 0 Å². The van der Waals surface area contributed by atoms with Crippen LogP contribution >= 0.6 is 0 Å². The lowest BCUT2D eigenvalue weighted by Gasteiger charge is -2.15. The summed E-state index contributed by atoms with van der Waals surface area (Å²) >= 11 is 0. The van der Waals surface area contributed by atoms with Crippen molar-refractivity contribution in [2.24, 2.45) is 0 Å². The number of benzene rings is 1. The number of aliphatic hydroxyl groups excluding tert-OH is 1. The number of nitrogens with zero attached hydrogens (tertiary/aromatic N) is 3. The Hall–Kier alpha value is -2.18. The molecular formula is C18H24N4O2. The molecule has 1 aliphatic heterocycles. The monoisotopic (exact) mass is 328 g/mol. The lowest BCUT2D eigenvalue weighted by atomic mass is 10.2. The van der Waals surface area contributed by atoms with Gasteiger partial charge in [0.25, 0.3) is 5.91 Å². The van der Waals surface area contributed by atoms with Gasteiger partial charge in [0, 0.05) is 37.6 Å². The predicted molar refractivity (Wildman–Crippen MR) is 92.9 cm³/mol. The highest BCUT2D eigenvalue weighted by atomic mass is 16.3. The third-order valence-corrected chi connectivity index (χ3v) is 4.21. The molecule has 24 heavy (non-hydrogen) atoms. The van der Waals surface area contributed by atoms with Crippen molar-refractivity contribution in [2.45, 2.75) is 39.0 Å². The number of rotatable bonds is 5. The summed E-state index contributed by atoms with van der Waals surface area (Å²) in [5.74, 6) is -0.205. The van der Waals surface area contributed by atoms with Crippen LogP contribution in [-0.4, -0.2) is 44.9 Å². The highest BCUT2D eigenvalue weighted by Gasteiger charge is 2.20. The van der Waals surface area contributed by atoms with Crippen LogP contribution in [0.25, 0.3) is 0 Å². The van der Waals surface area contributed by atoms with E-state index in [0.717, 1.165) is 30.8 Å². The van der Waals surface area contributed by atoms with E-state index in [-0.39, 0.29) is 18.1 Å². The van der Waals surface area contributed by atoms with E-state index in [0.29, 0.717) is 12.2 Å². The lowest BCUT2D eigenvalue weighted by molar-refractivity contribution is 0.102. The highest BCUT2D eigenvalue weighted by molar-refractivity contribution is 6.02. The summed E-state index contributed by atoms with van der Waals surface area (Å²) in [5.41, 5.74) is 2.29. The quantitative estimate of drug-likeness (QED) is 0.883. The number of aliphatic hydroxyl groups is 1. The molecule has 0 spiro atoms. The molecule has 6 nitrogen and oxygen atoms in total. The van der Waals surface area contributed by atoms with E-state index in [4.69, 9.17) is 0 Å². The molecule has 1 aromatic heterocycles. The second-order valence-electron chi connectivity index (χ2n) is 6.61.